The lowest BCUT2D eigenvalue weighted by molar-refractivity contribution is -0.158. The second-order valence-corrected chi connectivity index (χ2v) is 11.7. The molecule has 9 nitrogen and oxygen atoms in total. The van der Waals surface area contributed by atoms with E-state index < -0.39 is 5.41 Å². The molecular weight excluding hydrogens is 538 g/mol. The van der Waals surface area contributed by atoms with Gasteiger partial charge in [-0.05, 0) is 81.3 Å². The Kier molecular flexibility index (Phi) is 9.01. The fourth-order valence-electron chi connectivity index (χ4n) is 4.67. The highest BCUT2D eigenvalue weighted by Crippen LogP contribution is 2.27. The van der Waals surface area contributed by atoms with Crippen molar-refractivity contribution < 1.29 is 9.53 Å². The van der Waals surface area contributed by atoms with Crippen LogP contribution in [0.3, 0.4) is 0 Å². The van der Waals surface area contributed by atoms with Crippen LogP contribution >= 0.6 is 0 Å². The Morgan fingerprint density at radius 3 is 2.47 bits per heavy atom. The summed E-state index contributed by atoms with van der Waals surface area (Å²) in [5.74, 6) is 0.348. The molecule has 1 aliphatic rings. The number of rotatable bonds is 9. The third-order valence-corrected chi connectivity index (χ3v) is 7.34. The molecular formula is C34H39N7O2. The summed E-state index contributed by atoms with van der Waals surface area (Å²) in [6, 6.07) is 20.3. The summed E-state index contributed by atoms with van der Waals surface area (Å²) in [6.45, 7) is 15.7. The number of nitrogens with one attached hydrogen (secondary N) is 2. The second-order valence-electron chi connectivity index (χ2n) is 11.7. The van der Waals surface area contributed by atoms with E-state index in [1.165, 1.54) is 5.69 Å². The summed E-state index contributed by atoms with van der Waals surface area (Å²) in [6.07, 6.45) is 5.27. The number of aromatic nitrogens is 3. The molecule has 4 aromatic rings. The van der Waals surface area contributed by atoms with Crippen molar-refractivity contribution >= 4 is 34.7 Å². The van der Waals surface area contributed by atoms with Gasteiger partial charge in [0, 0.05) is 73.1 Å². The molecule has 2 aromatic heterocycles. The van der Waals surface area contributed by atoms with Gasteiger partial charge in [0.05, 0.1) is 11.1 Å². The number of pyridine rings is 1. The number of aryl methyl sites for hydroxylation is 1. The average molecular weight is 578 g/mol. The lowest BCUT2D eigenvalue weighted by Gasteiger charge is -2.36. The fourth-order valence-corrected chi connectivity index (χ4v) is 4.67. The first-order valence-corrected chi connectivity index (χ1v) is 14.5. The van der Waals surface area contributed by atoms with Crippen molar-refractivity contribution in [3.8, 4) is 11.3 Å². The predicted octanol–water partition coefficient (Wildman–Crippen LogP) is 6.34. The molecule has 2 aromatic carbocycles. The molecule has 0 atom stereocenters. The summed E-state index contributed by atoms with van der Waals surface area (Å²) >= 11 is 0. The van der Waals surface area contributed by atoms with Crippen LogP contribution in [0.1, 0.15) is 31.9 Å². The Hall–Kier alpha value is -4.76. The van der Waals surface area contributed by atoms with Gasteiger partial charge in [-0.1, -0.05) is 24.8 Å². The molecule has 2 N–H and O–H groups in total. The van der Waals surface area contributed by atoms with E-state index in [1.807, 2.05) is 58.0 Å². The third-order valence-electron chi connectivity index (χ3n) is 7.34. The molecule has 1 aliphatic heterocycles. The fraction of sp³-hybridized carbons (Fsp3) is 0.294. The average Bonchev–Trinajstić information content (AvgIpc) is 3.02. The number of hydrogen-bond donors (Lipinski definition) is 2. The maximum Gasteiger partial charge on any atom is 0.312 e. The van der Waals surface area contributed by atoms with Crippen molar-refractivity contribution in [2.45, 2.75) is 27.7 Å². The van der Waals surface area contributed by atoms with Gasteiger partial charge in [0.1, 0.15) is 6.73 Å². The molecule has 0 spiro atoms. The molecule has 0 unspecified atom stereocenters. The number of anilines is 4. The maximum absolute atomic E-state index is 12.1. The van der Waals surface area contributed by atoms with Crippen molar-refractivity contribution in [2.24, 2.45) is 5.41 Å². The van der Waals surface area contributed by atoms with Crippen molar-refractivity contribution in [3.05, 3.63) is 97.0 Å². The van der Waals surface area contributed by atoms with Gasteiger partial charge in [0.2, 0.25) is 5.95 Å². The van der Waals surface area contributed by atoms with Crippen LogP contribution in [0.25, 0.3) is 17.0 Å². The summed E-state index contributed by atoms with van der Waals surface area (Å²) in [5.41, 5.74) is 7.13. The molecule has 222 valence electrons. The Labute approximate surface area is 253 Å². The molecule has 3 heterocycles. The van der Waals surface area contributed by atoms with Gasteiger partial charge in [0.25, 0.3) is 0 Å². The standard InChI is InChI=1S/C34H39N7O2/c1-24-8-11-28(21-31(24)39-33-36-16-14-30(38-33)27-7-6-15-35-22-27)37-25(2)26-9-12-29(13-10-26)41-19-17-40(18-20-41)23-43-32(42)34(3,4)5/h6-16,21-22,37H,2,17-20,23H2,1,3-5H3,(H,36,38,39). The van der Waals surface area contributed by atoms with E-state index in [4.69, 9.17) is 4.74 Å². The molecule has 0 bridgehead atoms. The van der Waals surface area contributed by atoms with E-state index in [9.17, 15) is 4.79 Å². The Morgan fingerprint density at radius 1 is 1.00 bits per heavy atom. The normalized spacial score (nSPS) is 13.8. The summed E-state index contributed by atoms with van der Waals surface area (Å²) in [4.78, 5) is 29.9. The Balaban J connectivity index is 1.16. The molecule has 5 rings (SSSR count). The number of benzene rings is 2. The maximum atomic E-state index is 12.1. The number of hydrogen-bond acceptors (Lipinski definition) is 9. The Bertz CT molecular complexity index is 1560. The van der Waals surface area contributed by atoms with Crippen molar-refractivity contribution in [3.63, 3.8) is 0 Å². The van der Waals surface area contributed by atoms with Crippen molar-refractivity contribution in [1.29, 1.82) is 0 Å². The van der Waals surface area contributed by atoms with Crippen LogP contribution in [0.4, 0.5) is 23.0 Å². The van der Waals surface area contributed by atoms with Gasteiger partial charge in [-0.3, -0.25) is 14.7 Å². The minimum atomic E-state index is -0.483. The number of carbonyl (C=O) groups excluding carboxylic acids is 1. The molecule has 9 heteroatoms. The molecule has 1 fully saturated rings. The molecule has 1 saturated heterocycles. The van der Waals surface area contributed by atoms with Crippen molar-refractivity contribution in [2.75, 3.05) is 48.4 Å². The lowest BCUT2D eigenvalue weighted by atomic mass is 9.98. The van der Waals surface area contributed by atoms with E-state index in [0.717, 1.165) is 65.6 Å². The van der Waals surface area contributed by atoms with Crippen LogP contribution in [0.2, 0.25) is 0 Å². The van der Waals surface area contributed by atoms with Gasteiger partial charge < -0.3 is 20.3 Å². The van der Waals surface area contributed by atoms with E-state index >= 15 is 0 Å². The first-order chi connectivity index (χ1) is 20.7. The van der Waals surface area contributed by atoms with Crippen molar-refractivity contribution in [1.82, 2.24) is 19.9 Å². The monoisotopic (exact) mass is 577 g/mol. The molecule has 0 aliphatic carbocycles. The third kappa shape index (κ3) is 7.75. The first kappa shape index (κ1) is 29.7. The largest absolute Gasteiger partial charge is 0.449 e. The lowest BCUT2D eigenvalue weighted by Crippen LogP contribution is -2.47. The van der Waals surface area contributed by atoms with Crippen LogP contribution in [0.15, 0.2) is 85.8 Å². The van der Waals surface area contributed by atoms with Gasteiger partial charge >= 0.3 is 5.97 Å². The zero-order chi connectivity index (χ0) is 30.4. The van der Waals surface area contributed by atoms with Crippen LogP contribution in [0, 0.1) is 12.3 Å². The number of nitrogens with zero attached hydrogens (tertiary/aromatic N) is 5. The van der Waals surface area contributed by atoms with Gasteiger partial charge in [-0.2, -0.15) is 0 Å². The zero-order valence-corrected chi connectivity index (χ0v) is 25.3. The number of piperazine rings is 1. The van der Waals surface area contributed by atoms with Crippen LogP contribution < -0.4 is 15.5 Å². The zero-order valence-electron chi connectivity index (χ0n) is 25.3. The van der Waals surface area contributed by atoms with Gasteiger partial charge in [-0.25, -0.2) is 9.97 Å². The van der Waals surface area contributed by atoms with E-state index in [0.29, 0.717) is 12.7 Å². The van der Waals surface area contributed by atoms with E-state index in [2.05, 4.69) is 72.3 Å². The highest BCUT2D eigenvalue weighted by molar-refractivity contribution is 5.78. The molecule has 0 saturated carbocycles. The van der Waals surface area contributed by atoms with E-state index in [1.54, 1.807) is 18.6 Å². The SMILES string of the molecule is C=C(Nc1ccc(C)c(Nc2nccc(-c3cccnc3)n2)c1)c1ccc(N2CCN(COC(=O)C(C)(C)C)CC2)cc1. The van der Waals surface area contributed by atoms with E-state index in [-0.39, 0.29) is 5.97 Å². The summed E-state index contributed by atoms with van der Waals surface area (Å²) in [5, 5.41) is 6.80. The molecule has 0 radical (unpaired) electrons. The van der Waals surface area contributed by atoms with Crippen LogP contribution in [-0.4, -0.2) is 58.7 Å². The Morgan fingerprint density at radius 2 is 1.77 bits per heavy atom. The minimum Gasteiger partial charge on any atom is -0.449 e. The number of carbonyl (C=O) groups is 1. The van der Waals surface area contributed by atoms with Gasteiger partial charge in [0.15, 0.2) is 0 Å². The summed E-state index contributed by atoms with van der Waals surface area (Å²) in [7, 11) is 0. The second kappa shape index (κ2) is 13.0. The van der Waals surface area contributed by atoms with Crippen LogP contribution in [-0.2, 0) is 9.53 Å². The highest BCUT2D eigenvalue weighted by Gasteiger charge is 2.25. The number of esters is 1. The van der Waals surface area contributed by atoms with Gasteiger partial charge in [-0.15, -0.1) is 0 Å². The minimum absolute atomic E-state index is 0.168. The first-order valence-electron chi connectivity index (χ1n) is 14.5. The summed E-state index contributed by atoms with van der Waals surface area (Å²) < 4.78 is 5.48. The smallest absolute Gasteiger partial charge is 0.312 e. The topological polar surface area (TPSA) is 95.5 Å². The van der Waals surface area contributed by atoms with Crippen LogP contribution in [0.5, 0.6) is 0 Å². The highest BCUT2D eigenvalue weighted by atomic mass is 16.5. The number of ether oxygens (including phenoxy) is 1. The molecule has 43 heavy (non-hydrogen) atoms. The quantitative estimate of drug-likeness (QED) is 0.221. The predicted molar refractivity (Wildman–Crippen MR) is 173 cm³/mol. The molecule has 0 amide bonds.